The van der Waals surface area contributed by atoms with E-state index in [0.717, 1.165) is 0 Å². The number of para-hydroxylation sites is 2. The van der Waals surface area contributed by atoms with Gasteiger partial charge in [0.2, 0.25) is 5.89 Å². The highest BCUT2D eigenvalue weighted by Gasteiger charge is 2.30. The summed E-state index contributed by atoms with van der Waals surface area (Å²) in [6.45, 7) is 5.36. The molecular formula is C15H14N2O3. The Morgan fingerprint density at radius 1 is 1.60 bits per heavy atom. The number of nitrogens with zero attached hydrogens (tertiary/aromatic N) is 2. The van der Waals surface area contributed by atoms with Crippen LogP contribution in [0, 0.1) is 11.3 Å². The molecule has 102 valence electrons. The van der Waals surface area contributed by atoms with E-state index in [1.54, 1.807) is 31.2 Å². The molecule has 1 heterocycles. The molecule has 0 N–H and O–H groups in total. The van der Waals surface area contributed by atoms with Crippen molar-refractivity contribution in [2.45, 2.75) is 18.9 Å². The number of fused-ring (bicyclic) bond motifs is 1. The van der Waals surface area contributed by atoms with Gasteiger partial charge in [0.05, 0.1) is 12.7 Å². The fraction of sp³-hybridized carbons (Fsp3) is 0.267. The third-order valence-corrected chi connectivity index (χ3v) is 2.84. The maximum Gasteiger partial charge on any atom is 0.220 e. The zero-order chi connectivity index (χ0) is 14.5. The maximum absolute atomic E-state index is 12.2. The first kappa shape index (κ1) is 14.0. The number of carbonyl (C=O) groups is 1. The SMILES string of the molecule is C=CCO[C@H](C)C(=O)[C@@H](C#N)c1nc2ccccc2o1. The predicted octanol–water partition coefficient (Wildman–Crippen LogP) is 2.60. The molecule has 2 atom stereocenters. The van der Waals surface area contributed by atoms with Crippen LogP contribution in [0.5, 0.6) is 0 Å². The zero-order valence-corrected chi connectivity index (χ0v) is 11.1. The van der Waals surface area contributed by atoms with Crippen molar-refractivity contribution in [2.24, 2.45) is 0 Å². The van der Waals surface area contributed by atoms with Gasteiger partial charge in [0, 0.05) is 0 Å². The molecule has 0 spiro atoms. The van der Waals surface area contributed by atoms with Crippen molar-refractivity contribution in [3.63, 3.8) is 0 Å². The molecule has 0 fully saturated rings. The number of benzene rings is 1. The third kappa shape index (κ3) is 2.76. The van der Waals surface area contributed by atoms with E-state index in [-0.39, 0.29) is 18.3 Å². The van der Waals surface area contributed by atoms with E-state index in [9.17, 15) is 10.1 Å². The molecule has 0 saturated carbocycles. The summed E-state index contributed by atoms with van der Waals surface area (Å²) < 4.78 is 10.7. The lowest BCUT2D eigenvalue weighted by Crippen LogP contribution is -2.26. The Hall–Kier alpha value is -2.45. The van der Waals surface area contributed by atoms with E-state index >= 15 is 0 Å². The highest BCUT2D eigenvalue weighted by Crippen LogP contribution is 2.23. The van der Waals surface area contributed by atoms with E-state index in [2.05, 4.69) is 11.6 Å². The van der Waals surface area contributed by atoms with E-state index in [1.807, 2.05) is 12.1 Å². The van der Waals surface area contributed by atoms with E-state index in [1.165, 1.54) is 0 Å². The number of rotatable bonds is 6. The topological polar surface area (TPSA) is 76.1 Å². The molecule has 0 radical (unpaired) electrons. The molecule has 0 bridgehead atoms. The first-order valence-corrected chi connectivity index (χ1v) is 6.18. The largest absolute Gasteiger partial charge is 0.439 e. The Kier molecular flexibility index (Phi) is 4.28. The van der Waals surface area contributed by atoms with Crippen molar-refractivity contribution in [3.8, 4) is 6.07 Å². The standard InChI is InChI=1S/C15H14N2O3/c1-3-8-19-10(2)14(18)11(9-16)15-17-12-6-4-5-7-13(12)20-15/h3-7,10-11H,1,8H2,2H3/t10-,11-/m1/s1. The molecule has 0 unspecified atom stereocenters. The minimum atomic E-state index is -1.07. The van der Waals surface area contributed by atoms with E-state index < -0.39 is 12.0 Å². The van der Waals surface area contributed by atoms with Crippen LogP contribution in [0.25, 0.3) is 11.1 Å². The molecule has 0 aliphatic heterocycles. The van der Waals surface area contributed by atoms with Gasteiger partial charge >= 0.3 is 0 Å². The van der Waals surface area contributed by atoms with Crippen molar-refractivity contribution in [2.75, 3.05) is 6.61 Å². The molecule has 20 heavy (non-hydrogen) atoms. The molecule has 0 aliphatic carbocycles. The van der Waals surface area contributed by atoms with E-state index in [4.69, 9.17) is 9.15 Å². The zero-order valence-electron chi connectivity index (χ0n) is 11.1. The normalized spacial score (nSPS) is 13.6. The average molecular weight is 270 g/mol. The molecular weight excluding hydrogens is 256 g/mol. The Morgan fingerprint density at radius 2 is 2.35 bits per heavy atom. The lowest BCUT2D eigenvalue weighted by molar-refractivity contribution is -0.129. The predicted molar refractivity (Wildman–Crippen MR) is 73.0 cm³/mol. The van der Waals surface area contributed by atoms with Crippen molar-refractivity contribution in [1.29, 1.82) is 5.26 Å². The second kappa shape index (κ2) is 6.13. The summed E-state index contributed by atoms with van der Waals surface area (Å²) >= 11 is 0. The van der Waals surface area contributed by atoms with Crippen LogP contribution in [0.4, 0.5) is 0 Å². The highest BCUT2D eigenvalue weighted by molar-refractivity contribution is 5.91. The van der Waals surface area contributed by atoms with Gasteiger partial charge in [0.25, 0.3) is 0 Å². The Labute approximate surface area is 116 Å². The van der Waals surface area contributed by atoms with Gasteiger partial charge in [-0.15, -0.1) is 6.58 Å². The van der Waals surface area contributed by atoms with Gasteiger partial charge < -0.3 is 9.15 Å². The Balaban J connectivity index is 2.25. The molecule has 1 aromatic heterocycles. The molecule has 2 aromatic rings. The highest BCUT2D eigenvalue weighted by atomic mass is 16.5. The number of nitriles is 1. The molecule has 1 aromatic carbocycles. The van der Waals surface area contributed by atoms with Gasteiger partial charge in [0.1, 0.15) is 11.6 Å². The molecule has 2 rings (SSSR count). The molecule has 0 saturated heterocycles. The monoisotopic (exact) mass is 270 g/mol. The second-order valence-electron chi connectivity index (χ2n) is 4.25. The number of carbonyl (C=O) groups excluding carboxylic acids is 1. The molecule has 0 aliphatic rings. The van der Waals surface area contributed by atoms with Crippen LogP contribution >= 0.6 is 0 Å². The van der Waals surface area contributed by atoms with Crippen LogP contribution in [0.3, 0.4) is 0 Å². The third-order valence-electron chi connectivity index (χ3n) is 2.84. The van der Waals surface area contributed by atoms with Crippen LogP contribution < -0.4 is 0 Å². The minimum Gasteiger partial charge on any atom is -0.439 e. The van der Waals surface area contributed by atoms with Crippen LogP contribution in [0.15, 0.2) is 41.3 Å². The average Bonchev–Trinajstić information content (AvgIpc) is 2.88. The smallest absolute Gasteiger partial charge is 0.220 e. The van der Waals surface area contributed by atoms with Crippen LogP contribution in [-0.2, 0) is 9.53 Å². The molecule has 5 nitrogen and oxygen atoms in total. The summed E-state index contributed by atoms with van der Waals surface area (Å²) in [4.78, 5) is 16.4. The number of ether oxygens (including phenoxy) is 1. The lowest BCUT2D eigenvalue weighted by atomic mass is 10.0. The fourth-order valence-electron chi connectivity index (χ4n) is 1.78. The van der Waals surface area contributed by atoms with Gasteiger partial charge in [-0.25, -0.2) is 4.98 Å². The van der Waals surface area contributed by atoms with Crippen molar-refractivity contribution >= 4 is 16.9 Å². The number of hydrogen-bond acceptors (Lipinski definition) is 5. The van der Waals surface area contributed by atoms with E-state index in [0.29, 0.717) is 11.1 Å². The van der Waals surface area contributed by atoms with Gasteiger partial charge in [-0.2, -0.15) is 5.26 Å². The maximum atomic E-state index is 12.2. The summed E-state index contributed by atoms with van der Waals surface area (Å²) in [5.74, 6) is -1.34. The molecule has 0 amide bonds. The van der Waals surface area contributed by atoms with Gasteiger partial charge in [-0.3, -0.25) is 4.79 Å². The lowest BCUT2D eigenvalue weighted by Gasteiger charge is -2.12. The van der Waals surface area contributed by atoms with Crippen LogP contribution in [0.1, 0.15) is 18.7 Å². The van der Waals surface area contributed by atoms with Gasteiger partial charge in [0.15, 0.2) is 17.3 Å². The number of Topliss-reactive ketones (excluding diaryl/α,β-unsaturated/α-hetero) is 1. The number of aromatic nitrogens is 1. The summed E-state index contributed by atoms with van der Waals surface area (Å²) in [6, 6.07) is 9.04. The summed E-state index contributed by atoms with van der Waals surface area (Å²) in [6.07, 6.45) is 0.831. The number of ketones is 1. The second-order valence-corrected chi connectivity index (χ2v) is 4.25. The number of hydrogen-bond donors (Lipinski definition) is 0. The van der Waals surface area contributed by atoms with Crippen molar-refractivity contribution < 1.29 is 13.9 Å². The van der Waals surface area contributed by atoms with Gasteiger partial charge in [-0.1, -0.05) is 18.2 Å². The quantitative estimate of drug-likeness (QED) is 0.754. The molecule has 5 heteroatoms. The van der Waals surface area contributed by atoms with Crippen LogP contribution in [-0.4, -0.2) is 23.5 Å². The van der Waals surface area contributed by atoms with Crippen molar-refractivity contribution in [3.05, 3.63) is 42.8 Å². The van der Waals surface area contributed by atoms with Gasteiger partial charge in [-0.05, 0) is 19.1 Å². The Bertz CT molecular complexity index is 636. The minimum absolute atomic E-state index is 0.104. The van der Waals surface area contributed by atoms with Crippen molar-refractivity contribution in [1.82, 2.24) is 4.98 Å². The first-order chi connectivity index (χ1) is 9.67. The summed E-state index contributed by atoms with van der Waals surface area (Å²) in [7, 11) is 0. The number of oxazole rings is 1. The Morgan fingerprint density at radius 3 is 3.00 bits per heavy atom. The summed E-state index contributed by atoms with van der Waals surface area (Å²) in [5, 5.41) is 9.20. The van der Waals surface area contributed by atoms with Crippen LogP contribution in [0.2, 0.25) is 0 Å². The fourth-order valence-corrected chi connectivity index (χ4v) is 1.78. The first-order valence-electron chi connectivity index (χ1n) is 6.18. The summed E-state index contributed by atoms with van der Waals surface area (Å²) in [5.41, 5.74) is 1.17.